The molecule has 0 aromatic heterocycles. The predicted octanol–water partition coefficient (Wildman–Crippen LogP) is -3.25. The summed E-state index contributed by atoms with van der Waals surface area (Å²) in [7, 11) is 0. The largest absolute Gasteiger partial charge is 0.394 e. The first-order chi connectivity index (χ1) is 34.4. The van der Waals surface area contributed by atoms with Crippen molar-refractivity contribution in [3.63, 3.8) is 0 Å². The lowest BCUT2D eigenvalue weighted by Gasteiger charge is -2.59. The topological polar surface area (TPSA) is 366 Å². The zero-order valence-electron chi connectivity index (χ0n) is 42.2. The Hall–Kier alpha value is -1.18. The monoisotopic (exact) mass is 1050 g/mol. The molecule has 0 bridgehead atoms. The van der Waals surface area contributed by atoms with Gasteiger partial charge in [0.05, 0.1) is 44.7 Å². The van der Waals surface area contributed by atoms with Crippen LogP contribution >= 0.6 is 0 Å². The van der Waals surface area contributed by atoms with Gasteiger partial charge in [0.15, 0.2) is 30.9 Å². The normalized spacial score (nSPS) is 55.5. The molecule has 0 radical (unpaired) electrons. The van der Waals surface area contributed by atoms with Gasteiger partial charge in [-0.1, -0.05) is 39.3 Å². The Balaban J connectivity index is 0.841. The molecule has 9 aliphatic rings. The van der Waals surface area contributed by atoms with Crippen LogP contribution in [0.1, 0.15) is 92.4 Å². The van der Waals surface area contributed by atoms with Crippen molar-refractivity contribution >= 4 is 0 Å². The molecule has 5 saturated heterocycles. The molecule has 420 valence electrons. The highest BCUT2D eigenvalue weighted by atomic mass is 16.8. The molecular formula is C50H82O23. The number of allylic oxidation sites excluding steroid dienone is 1. The molecule has 5 aliphatic heterocycles. The molecule has 14 N–H and O–H groups in total. The van der Waals surface area contributed by atoms with Crippen molar-refractivity contribution in [2.45, 2.75) is 233 Å². The van der Waals surface area contributed by atoms with E-state index in [0.29, 0.717) is 25.7 Å². The maximum absolute atomic E-state index is 12.9. The molecule has 23 heteroatoms. The fraction of sp³-hybridized carbons (Fsp3) is 0.960. The minimum atomic E-state index is -1.77. The highest BCUT2D eigenvalue weighted by Crippen LogP contribution is 2.71. The number of aliphatic hydroxyl groups is 14. The molecule has 0 amide bonds. The van der Waals surface area contributed by atoms with Crippen molar-refractivity contribution in [1.82, 2.24) is 0 Å². The van der Waals surface area contributed by atoms with Crippen LogP contribution in [0.3, 0.4) is 0 Å². The van der Waals surface area contributed by atoms with Crippen molar-refractivity contribution in [2.75, 3.05) is 26.4 Å². The van der Waals surface area contributed by atoms with Gasteiger partial charge in [0.25, 0.3) is 0 Å². The summed E-state index contributed by atoms with van der Waals surface area (Å²) in [6.45, 7) is 8.19. The Bertz CT molecular complexity index is 1920. The van der Waals surface area contributed by atoms with Crippen LogP contribution in [0.2, 0.25) is 0 Å². The first-order valence-electron chi connectivity index (χ1n) is 26.4. The first kappa shape index (κ1) is 56.5. The maximum Gasteiger partial charge on any atom is 0.187 e. The third-order valence-electron chi connectivity index (χ3n) is 19.4. The van der Waals surface area contributed by atoms with E-state index in [-0.39, 0.29) is 48.7 Å². The summed E-state index contributed by atoms with van der Waals surface area (Å²) in [5.41, 5.74) is -0.835. The maximum atomic E-state index is 12.9. The Morgan fingerprint density at radius 3 is 1.96 bits per heavy atom. The Morgan fingerprint density at radius 2 is 1.30 bits per heavy atom. The van der Waals surface area contributed by atoms with Crippen molar-refractivity contribution in [3.05, 3.63) is 11.6 Å². The molecular weight excluding hydrogens is 969 g/mol. The standard InChI is InChI=1S/C50H82O23/c1-20(18-65-43-39(60)37(58)33(54)28(16-51)69-43)8-13-49(63)22(3)50(64)31(73-49)15-27-25-7-6-23-14-24(9-11-47(23,4)26(25)10-12-48(27,50)5)68-46-42(72-44-40(61)36(57)32(53)21(2)67-44)35(56)30(19-66-46)71-45-41(62)38(59)34(55)29(17-52)70-45/h6,20-22,24-46,51-64H,7-19H2,1-5H3. The van der Waals surface area contributed by atoms with E-state index in [0.717, 1.165) is 25.7 Å². The quantitative estimate of drug-likeness (QED) is 0.0760. The lowest BCUT2D eigenvalue weighted by molar-refractivity contribution is -0.376. The molecule has 30 atom stereocenters. The third kappa shape index (κ3) is 9.71. The van der Waals surface area contributed by atoms with Gasteiger partial charge in [-0.3, -0.25) is 0 Å². The summed E-state index contributed by atoms with van der Waals surface area (Å²) in [6, 6.07) is 0. The molecule has 30 unspecified atom stereocenters. The summed E-state index contributed by atoms with van der Waals surface area (Å²) in [6.07, 6.45) is -21.2. The molecule has 0 aromatic carbocycles. The molecule has 73 heavy (non-hydrogen) atoms. The first-order valence-corrected chi connectivity index (χ1v) is 26.4. The SMILES string of the molecule is CC(CCC1(O)OC2CC3C4CC=C5CC(OC6OCC(OC7OC(CO)C(O)C(O)C7O)C(O)C6OC6OC(C)C(O)C(O)C6O)CCC5(C)C4CCC3(C)C2(O)C1C)COC1OC(CO)C(O)C(O)C1O. The van der Waals surface area contributed by atoms with Crippen LogP contribution in [0.15, 0.2) is 11.6 Å². The minimum Gasteiger partial charge on any atom is -0.394 e. The molecule has 5 heterocycles. The van der Waals surface area contributed by atoms with Crippen LogP contribution in [0.4, 0.5) is 0 Å². The summed E-state index contributed by atoms with van der Waals surface area (Å²) in [5.74, 6) is -1.78. The smallest absolute Gasteiger partial charge is 0.187 e. The van der Waals surface area contributed by atoms with Crippen LogP contribution in [0.25, 0.3) is 0 Å². The van der Waals surface area contributed by atoms with Gasteiger partial charge in [0.2, 0.25) is 0 Å². The molecule has 0 aromatic rings. The van der Waals surface area contributed by atoms with Gasteiger partial charge in [0.1, 0.15) is 91.1 Å². The van der Waals surface area contributed by atoms with Crippen LogP contribution < -0.4 is 0 Å². The average Bonchev–Trinajstić information content (AvgIpc) is 3.71. The number of rotatable bonds is 14. The number of hydrogen-bond acceptors (Lipinski definition) is 23. The van der Waals surface area contributed by atoms with Gasteiger partial charge in [-0.15, -0.1) is 0 Å². The highest BCUT2D eigenvalue weighted by Gasteiger charge is 2.75. The van der Waals surface area contributed by atoms with E-state index in [2.05, 4.69) is 19.9 Å². The minimum absolute atomic E-state index is 0.0860. The number of aliphatic hydroxyl groups excluding tert-OH is 12. The summed E-state index contributed by atoms with van der Waals surface area (Å²) >= 11 is 0. The van der Waals surface area contributed by atoms with Crippen LogP contribution in [0, 0.1) is 40.4 Å². The summed E-state index contributed by atoms with van der Waals surface area (Å²) < 4.78 is 53.9. The Labute approximate surface area is 424 Å². The Morgan fingerprint density at radius 1 is 0.685 bits per heavy atom. The van der Waals surface area contributed by atoms with Crippen LogP contribution in [0.5, 0.6) is 0 Å². The predicted molar refractivity (Wildman–Crippen MR) is 246 cm³/mol. The van der Waals surface area contributed by atoms with Crippen molar-refractivity contribution < 1.29 is 114 Å². The van der Waals surface area contributed by atoms with Gasteiger partial charge < -0.3 is 114 Å². The molecule has 23 nitrogen and oxygen atoms in total. The fourth-order valence-corrected chi connectivity index (χ4v) is 14.6. The second-order valence-electron chi connectivity index (χ2n) is 23.5. The van der Waals surface area contributed by atoms with Crippen LogP contribution in [-0.4, -0.2) is 238 Å². The Kier molecular flexibility index (Phi) is 16.6. The second kappa shape index (κ2) is 21.5. The van der Waals surface area contributed by atoms with E-state index in [4.69, 9.17) is 42.6 Å². The summed E-state index contributed by atoms with van der Waals surface area (Å²) in [5, 5.41) is 150. The lowest BCUT2D eigenvalue weighted by atomic mass is 9.46. The van der Waals surface area contributed by atoms with Crippen molar-refractivity contribution in [3.8, 4) is 0 Å². The van der Waals surface area contributed by atoms with E-state index in [1.54, 1.807) is 0 Å². The molecule has 8 fully saturated rings. The highest BCUT2D eigenvalue weighted by molar-refractivity contribution is 5.29. The van der Waals surface area contributed by atoms with E-state index in [1.807, 2.05) is 13.8 Å². The van der Waals surface area contributed by atoms with E-state index in [1.165, 1.54) is 12.5 Å². The zero-order chi connectivity index (χ0) is 52.9. The van der Waals surface area contributed by atoms with Crippen molar-refractivity contribution in [1.29, 1.82) is 0 Å². The molecule has 0 spiro atoms. The fourth-order valence-electron chi connectivity index (χ4n) is 14.6. The van der Waals surface area contributed by atoms with Crippen LogP contribution in [-0.2, 0) is 42.6 Å². The van der Waals surface area contributed by atoms with Gasteiger partial charge >= 0.3 is 0 Å². The third-order valence-corrected chi connectivity index (χ3v) is 19.4. The molecule has 4 aliphatic carbocycles. The van der Waals surface area contributed by atoms with Crippen molar-refractivity contribution in [2.24, 2.45) is 40.4 Å². The zero-order valence-corrected chi connectivity index (χ0v) is 42.2. The van der Waals surface area contributed by atoms with Gasteiger partial charge in [0, 0.05) is 17.8 Å². The lowest BCUT2D eigenvalue weighted by Crippen LogP contribution is -2.64. The van der Waals surface area contributed by atoms with E-state index in [9.17, 15) is 71.5 Å². The van der Waals surface area contributed by atoms with E-state index >= 15 is 0 Å². The average molecular weight is 1050 g/mol. The number of fused-ring (bicyclic) bond motifs is 7. The molecule has 9 rings (SSSR count). The second-order valence-corrected chi connectivity index (χ2v) is 23.5. The van der Waals surface area contributed by atoms with Gasteiger partial charge in [-0.2, -0.15) is 0 Å². The number of hydrogen-bond donors (Lipinski definition) is 14. The number of ether oxygens (including phenoxy) is 9. The van der Waals surface area contributed by atoms with Gasteiger partial charge in [-0.25, -0.2) is 0 Å². The summed E-state index contributed by atoms with van der Waals surface area (Å²) in [4.78, 5) is 0. The molecule has 3 saturated carbocycles. The van der Waals surface area contributed by atoms with E-state index < -0.39 is 165 Å². The van der Waals surface area contributed by atoms with Gasteiger partial charge in [-0.05, 0) is 87.4 Å².